The van der Waals surface area contributed by atoms with E-state index in [2.05, 4.69) is 58.1 Å². The molecular formula is C16H28N2. The lowest BCUT2D eigenvalue weighted by Gasteiger charge is -2.21. The van der Waals surface area contributed by atoms with Crippen molar-refractivity contribution in [3.8, 4) is 0 Å². The summed E-state index contributed by atoms with van der Waals surface area (Å²) in [7, 11) is 0. The van der Waals surface area contributed by atoms with Crippen LogP contribution in [0.4, 0.5) is 0 Å². The first kappa shape index (κ1) is 15.2. The molecule has 0 heterocycles. The van der Waals surface area contributed by atoms with Gasteiger partial charge in [-0.2, -0.15) is 0 Å². The van der Waals surface area contributed by atoms with Gasteiger partial charge in [0, 0.05) is 6.54 Å². The lowest BCUT2D eigenvalue weighted by atomic mass is 9.85. The standard InChI is InChI=1S/C16H28N2/c1-12(9-17)10-18-11-14-6-7-15(8-13(14)2)16(3,4)5/h6-8,12,18H,9-11,17H2,1-5H3. The summed E-state index contributed by atoms with van der Waals surface area (Å²) in [5.74, 6) is 0.541. The molecular weight excluding hydrogens is 220 g/mol. The maximum atomic E-state index is 5.61. The van der Waals surface area contributed by atoms with Crippen LogP contribution in [0.1, 0.15) is 44.4 Å². The molecule has 18 heavy (non-hydrogen) atoms. The molecule has 0 amide bonds. The van der Waals surface area contributed by atoms with Crippen LogP contribution < -0.4 is 11.1 Å². The second-order valence-electron chi connectivity index (χ2n) is 6.36. The van der Waals surface area contributed by atoms with E-state index < -0.39 is 0 Å². The Hall–Kier alpha value is -0.860. The maximum Gasteiger partial charge on any atom is 0.0208 e. The Kier molecular flexibility index (Phi) is 5.36. The number of aryl methyl sites for hydroxylation is 1. The highest BCUT2D eigenvalue weighted by atomic mass is 14.9. The first-order valence-corrected chi connectivity index (χ1v) is 6.85. The molecule has 0 fully saturated rings. The predicted octanol–water partition coefficient (Wildman–Crippen LogP) is 2.98. The van der Waals surface area contributed by atoms with Gasteiger partial charge < -0.3 is 11.1 Å². The summed E-state index contributed by atoms with van der Waals surface area (Å²) in [5, 5.41) is 3.47. The molecule has 1 aromatic carbocycles. The van der Waals surface area contributed by atoms with Gasteiger partial charge in [0.25, 0.3) is 0 Å². The zero-order valence-electron chi connectivity index (χ0n) is 12.5. The van der Waals surface area contributed by atoms with Gasteiger partial charge in [0.05, 0.1) is 0 Å². The molecule has 0 aromatic heterocycles. The number of nitrogens with two attached hydrogens (primary N) is 1. The number of hydrogen-bond acceptors (Lipinski definition) is 2. The summed E-state index contributed by atoms with van der Waals surface area (Å²) in [6, 6.07) is 6.80. The summed E-state index contributed by atoms with van der Waals surface area (Å²) in [4.78, 5) is 0. The third kappa shape index (κ3) is 4.43. The van der Waals surface area contributed by atoms with Crippen molar-refractivity contribution in [3.05, 3.63) is 34.9 Å². The quantitative estimate of drug-likeness (QED) is 0.840. The van der Waals surface area contributed by atoms with Crippen LogP contribution in [-0.2, 0) is 12.0 Å². The normalized spacial score (nSPS) is 13.7. The van der Waals surface area contributed by atoms with Crippen LogP contribution in [-0.4, -0.2) is 13.1 Å². The van der Waals surface area contributed by atoms with Crippen LogP contribution in [0, 0.1) is 12.8 Å². The van der Waals surface area contributed by atoms with Crippen LogP contribution in [0.5, 0.6) is 0 Å². The summed E-state index contributed by atoms with van der Waals surface area (Å²) >= 11 is 0. The van der Waals surface area contributed by atoms with Crippen molar-refractivity contribution in [3.63, 3.8) is 0 Å². The van der Waals surface area contributed by atoms with Crippen molar-refractivity contribution in [1.29, 1.82) is 0 Å². The van der Waals surface area contributed by atoms with Crippen LogP contribution in [0.3, 0.4) is 0 Å². The molecule has 0 aliphatic heterocycles. The third-order valence-electron chi connectivity index (χ3n) is 3.42. The Morgan fingerprint density at radius 2 is 1.94 bits per heavy atom. The molecule has 0 aliphatic carbocycles. The van der Waals surface area contributed by atoms with Crippen LogP contribution >= 0.6 is 0 Å². The van der Waals surface area contributed by atoms with Crippen molar-refractivity contribution >= 4 is 0 Å². The molecule has 0 saturated carbocycles. The fraction of sp³-hybridized carbons (Fsp3) is 0.625. The van der Waals surface area contributed by atoms with Gasteiger partial charge in [-0.25, -0.2) is 0 Å². The average molecular weight is 248 g/mol. The van der Waals surface area contributed by atoms with Crippen molar-refractivity contribution in [2.24, 2.45) is 11.7 Å². The van der Waals surface area contributed by atoms with E-state index in [1.54, 1.807) is 0 Å². The highest BCUT2D eigenvalue weighted by Crippen LogP contribution is 2.24. The van der Waals surface area contributed by atoms with Crippen molar-refractivity contribution in [2.75, 3.05) is 13.1 Å². The largest absolute Gasteiger partial charge is 0.330 e. The van der Waals surface area contributed by atoms with E-state index in [0.717, 1.165) is 19.6 Å². The molecule has 0 spiro atoms. The van der Waals surface area contributed by atoms with Gasteiger partial charge in [0.1, 0.15) is 0 Å². The summed E-state index contributed by atoms with van der Waals surface area (Å²) < 4.78 is 0. The van der Waals surface area contributed by atoms with E-state index in [4.69, 9.17) is 5.73 Å². The third-order valence-corrected chi connectivity index (χ3v) is 3.42. The smallest absolute Gasteiger partial charge is 0.0208 e. The highest BCUT2D eigenvalue weighted by molar-refractivity contribution is 5.34. The van der Waals surface area contributed by atoms with Crippen LogP contribution in [0.15, 0.2) is 18.2 Å². The second-order valence-corrected chi connectivity index (χ2v) is 6.36. The average Bonchev–Trinajstić information content (AvgIpc) is 2.29. The molecule has 0 saturated heterocycles. The first-order valence-electron chi connectivity index (χ1n) is 6.85. The molecule has 1 atom stereocenters. The highest BCUT2D eigenvalue weighted by Gasteiger charge is 2.14. The number of nitrogens with one attached hydrogen (secondary N) is 1. The fourth-order valence-corrected chi connectivity index (χ4v) is 1.90. The topological polar surface area (TPSA) is 38.0 Å². The van der Waals surface area contributed by atoms with E-state index in [9.17, 15) is 0 Å². The molecule has 1 aromatic rings. The molecule has 1 rings (SSSR count). The molecule has 3 N–H and O–H groups in total. The molecule has 0 aliphatic rings. The fourth-order valence-electron chi connectivity index (χ4n) is 1.90. The Morgan fingerprint density at radius 3 is 2.44 bits per heavy atom. The van der Waals surface area contributed by atoms with E-state index in [0.29, 0.717) is 5.92 Å². The summed E-state index contributed by atoms with van der Waals surface area (Å²) in [6.45, 7) is 13.8. The van der Waals surface area contributed by atoms with Gasteiger partial charge in [0.15, 0.2) is 0 Å². The van der Waals surface area contributed by atoms with Gasteiger partial charge in [-0.05, 0) is 48.0 Å². The molecule has 1 unspecified atom stereocenters. The van der Waals surface area contributed by atoms with Gasteiger partial charge in [-0.15, -0.1) is 0 Å². The predicted molar refractivity (Wildman–Crippen MR) is 79.8 cm³/mol. The van der Waals surface area contributed by atoms with Gasteiger partial charge in [-0.3, -0.25) is 0 Å². The number of rotatable bonds is 5. The van der Waals surface area contributed by atoms with Crippen molar-refractivity contribution < 1.29 is 0 Å². The van der Waals surface area contributed by atoms with E-state index in [1.165, 1.54) is 16.7 Å². The van der Waals surface area contributed by atoms with E-state index in [1.807, 2.05) is 0 Å². The van der Waals surface area contributed by atoms with Crippen LogP contribution in [0.2, 0.25) is 0 Å². The minimum Gasteiger partial charge on any atom is -0.330 e. The molecule has 102 valence electrons. The van der Waals surface area contributed by atoms with Crippen LogP contribution in [0.25, 0.3) is 0 Å². The minimum atomic E-state index is 0.227. The number of hydrogen-bond donors (Lipinski definition) is 2. The maximum absolute atomic E-state index is 5.61. The SMILES string of the molecule is Cc1cc(C(C)(C)C)ccc1CNCC(C)CN. The van der Waals surface area contributed by atoms with E-state index >= 15 is 0 Å². The Morgan fingerprint density at radius 1 is 1.28 bits per heavy atom. The first-order chi connectivity index (χ1) is 8.34. The summed E-state index contributed by atoms with van der Waals surface area (Å²) in [5.41, 5.74) is 9.99. The molecule has 0 bridgehead atoms. The zero-order chi connectivity index (χ0) is 13.8. The Balaban J connectivity index is 2.63. The van der Waals surface area contributed by atoms with Crippen molar-refractivity contribution in [1.82, 2.24) is 5.32 Å². The molecule has 0 radical (unpaired) electrons. The van der Waals surface area contributed by atoms with Gasteiger partial charge >= 0.3 is 0 Å². The number of benzene rings is 1. The van der Waals surface area contributed by atoms with Gasteiger partial charge in [-0.1, -0.05) is 45.9 Å². The monoisotopic (exact) mass is 248 g/mol. The van der Waals surface area contributed by atoms with E-state index in [-0.39, 0.29) is 5.41 Å². The second kappa shape index (κ2) is 6.35. The Bertz CT molecular complexity index is 377. The Labute approximate surface area is 112 Å². The zero-order valence-corrected chi connectivity index (χ0v) is 12.5. The lowest BCUT2D eigenvalue weighted by Crippen LogP contribution is -2.26. The molecule has 2 nitrogen and oxygen atoms in total. The molecule has 2 heteroatoms. The minimum absolute atomic E-state index is 0.227. The lowest BCUT2D eigenvalue weighted by molar-refractivity contribution is 0.521. The van der Waals surface area contributed by atoms with Gasteiger partial charge in [0.2, 0.25) is 0 Å². The van der Waals surface area contributed by atoms with Crippen molar-refractivity contribution in [2.45, 2.75) is 46.6 Å². The summed E-state index contributed by atoms with van der Waals surface area (Å²) in [6.07, 6.45) is 0.